The Morgan fingerprint density at radius 3 is 2.39 bits per heavy atom. The first-order valence-electron chi connectivity index (χ1n) is 8.10. The minimum atomic E-state index is 0.550. The SMILES string of the molecule is CC.CCC(C)(C)CCC(C)C1CC=C(C)CC1. The summed E-state index contributed by atoms with van der Waals surface area (Å²) in [7, 11) is 0. The topological polar surface area (TPSA) is 0 Å². The molecule has 0 aliphatic heterocycles. The molecule has 0 aromatic rings. The molecule has 0 aromatic heterocycles. The second-order valence-corrected chi connectivity index (χ2v) is 6.62. The molecule has 0 saturated carbocycles. The summed E-state index contributed by atoms with van der Waals surface area (Å²) < 4.78 is 0. The van der Waals surface area contributed by atoms with E-state index in [4.69, 9.17) is 0 Å². The van der Waals surface area contributed by atoms with Gasteiger partial charge in [0.05, 0.1) is 0 Å². The maximum absolute atomic E-state index is 2.47. The Morgan fingerprint density at radius 1 is 1.33 bits per heavy atom. The van der Waals surface area contributed by atoms with Crippen LogP contribution in [0.5, 0.6) is 0 Å². The molecule has 1 aliphatic carbocycles. The highest BCUT2D eigenvalue weighted by atomic mass is 14.3. The van der Waals surface area contributed by atoms with Crippen LogP contribution in [0.2, 0.25) is 0 Å². The lowest BCUT2D eigenvalue weighted by molar-refractivity contribution is 0.240. The zero-order valence-electron chi connectivity index (χ0n) is 14.0. The predicted octanol–water partition coefficient (Wildman–Crippen LogP) is 6.61. The van der Waals surface area contributed by atoms with Crippen LogP contribution in [-0.4, -0.2) is 0 Å². The van der Waals surface area contributed by atoms with Crippen molar-refractivity contribution in [2.24, 2.45) is 17.3 Å². The zero-order chi connectivity index (χ0) is 14.2. The zero-order valence-corrected chi connectivity index (χ0v) is 14.0. The van der Waals surface area contributed by atoms with Crippen LogP contribution in [0.4, 0.5) is 0 Å². The minimum absolute atomic E-state index is 0.550. The first kappa shape index (κ1) is 17.7. The highest BCUT2D eigenvalue weighted by Crippen LogP contribution is 2.35. The number of hydrogen-bond donors (Lipinski definition) is 0. The maximum atomic E-state index is 2.47. The van der Waals surface area contributed by atoms with E-state index >= 15 is 0 Å². The first-order valence-corrected chi connectivity index (χ1v) is 8.10. The second kappa shape index (κ2) is 8.77. The molecule has 0 radical (unpaired) electrons. The van der Waals surface area contributed by atoms with Gasteiger partial charge in [0.1, 0.15) is 0 Å². The lowest BCUT2D eigenvalue weighted by Crippen LogP contribution is -2.18. The van der Waals surface area contributed by atoms with Gasteiger partial charge in [0.25, 0.3) is 0 Å². The van der Waals surface area contributed by atoms with Crippen LogP contribution >= 0.6 is 0 Å². The Hall–Kier alpha value is -0.260. The summed E-state index contributed by atoms with van der Waals surface area (Å²) in [5.74, 6) is 1.87. The van der Waals surface area contributed by atoms with Crippen molar-refractivity contribution in [2.75, 3.05) is 0 Å². The Morgan fingerprint density at radius 2 is 1.94 bits per heavy atom. The summed E-state index contributed by atoms with van der Waals surface area (Å²) >= 11 is 0. The van der Waals surface area contributed by atoms with Gasteiger partial charge in [-0.1, -0.05) is 59.6 Å². The predicted molar refractivity (Wildman–Crippen MR) is 84.9 cm³/mol. The molecule has 0 heterocycles. The molecule has 108 valence electrons. The molecule has 0 heteroatoms. The van der Waals surface area contributed by atoms with Crippen molar-refractivity contribution in [3.8, 4) is 0 Å². The maximum Gasteiger partial charge on any atom is -0.0317 e. The van der Waals surface area contributed by atoms with E-state index < -0.39 is 0 Å². The van der Waals surface area contributed by atoms with E-state index in [2.05, 4.69) is 40.7 Å². The number of hydrogen-bond acceptors (Lipinski definition) is 0. The Bertz CT molecular complexity index is 234. The first-order chi connectivity index (χ1) is 8.44. The number of allylic oxidation sites excluding steroid dienone is 2. The van der Waals surface area contributed by atoms with Crippen LogP contribution in [0.1, 0.15) is 87.0 Å². The van der Waals surface area contributed by atoms with Crippen LogP contribution in [0.3, 0.4) is 0 Å². The van der Waals surface area contributed by atoms with E-state index in [1.807, 2.05) is 13.8 Å². The van der Waals surface area contributed by atoms with E-state index in [0.717, 1.165) is 11.8 Å². The van der Waals surface area contributed by atoms with Crippen LogP contribution in [0.15, 0.2) is 11.6 Å². The highest BCUT2D eigenvalue weighted by molar-refractivity contribution is 5.03. The molecule has 0 nitrogen and oxygen atoms in total. The Kier molecular flexibility index (Phi) is 8.65. The number of rotatable bonds is 5. The van der Waals surface area contributed by atoms with E-state index in [0.29, 0.717) is 5.41 Å². The Balaban J connectivity index is 0.00000137. The van der Waals surface area contributed by atoms with Gasteiger partial charge in [0, 0.05) is 0 Å². The molecule has 0 saturated heterocycles. The van der Waals surface area contributed by atoms with Crippen LogP contribution in [-0.2, 0) is 0 Å². The molecular formula is C18H36. The highest BCUT2D eigenvalue weighted by Gasteiger charge is 2.22. The summed E-state index contributed by atoms with van der Waals surface area (Å²) in [4.78, 5) is 0. The van der Waals surface area contributed by atoms with Gasteiger partial charge in [-0.05, 0) is 56.3 Å². The normalized spacial score (nSPS) is 21.7. The molecule has 2 unspecified atom stereocenters. The fraction of sp³-hybridized carbons (Fsp3) is 0.889. The van der Waals surface area contributed by atoms with Crippen molar-refractivity contribution in [1.82, 2.24) is 0 Å². The molecule has 0 bridgehead atoms. The minimum Gasteiger partial charge on any atom is -0.0853 e. The van der Waals surface area contributed by atoms with E-state index in [1.54, 1.807) is 5.57 Å². The fourth-order valence-corrected chi connectivity index (χ4v) is 2.53. The lowest BCUT2D eigenvalue weighted by Gasteiger charge is -2.30. The van der Waals surface area contributed by atoms with E-state index in [9.17, 15) is 0 Å². The lowest BCUT2D eigenvalue weighted by atomic mass is 9.76. The average molecular weight is 252 g/mol. The monoisotopic (exact) mass is 252 g/mol. The molecule has 0 fully saturated rings. The summed E-state index contributed by atoms with van der Waals surface area (Å²) in [6.45, 7) is 15.9. The average Bonchev–Trinajstić information content (AvgIpc) is 2.39. The van der Waals surface area contributed by atoms with Gasteiger partial charge >= 0.3 is 0 Å². The molecular weight excluding hydrogens is 216 g/mol. The smallest absolute Gasteiger partial charge is 0.0317 e. The van der Waals surface area contributed by atoms with Crippen molar-refractivity contribution in [3.63, 3.8) is 0 Å². The molecule has 0 spiro atoms. The standard InChI is InChI=1S/C16H30.C2H6/c1-6-16(4,5)12-11-14(3)15-9-7-13(2)8-10-15;1-2/h7,14-15H,6,8-12H2,1-5H3;1-2H3. The molecule has 2 atom stereocenters. The summed E-state index contributed by atoms with van der Waals surface area (Å²) in [6, 6.07) is 0. The van der Waals surface area contributed by atoms with Crippen LogP contribution < -0.4 is 0 Å². The Labute approximate surface area is 116 Å². The van der Waals surface area contributed by atoms with Crippen LogP contribution in [0.25, 0.3) is 0 Å². The van der Waals surface area contributed by atoms with Gasteiger partial charge in [-0.25, -0.2) is 0 Å². The van der Waals surface area contributed by atoms with Crippen molar-refractivity contribution < 1.29 is 0 Å². The van der Waals surface area contributed by atoms with E-state index in [1.165, 1.54) is 38.5 Å². The molecule has 18 heavy (non-hydrogen) atoms. The van der Waals surface area contributed by atoms with Crippen molar-refractivity contribution in [2.45, 2.75) is 87.0 Å². The van der Waals surface area contributed by atoms with Gasteiger partial charge in [0.2, 0.25) is 0 Å². The molecule has 0 aromatic carbocycles. The van der Waals surface area contributed by atoms with Crippen molar-refractivity contribution in [1.29, 1.82) is 0 Å². The quantitative estimate of drug-likeness (QED) is 0.483. The third-order valence-corrected chi connectivity index (χ3v) is 4.72. The molecule has 1 rings (SSSR count). The van der Waals surface area contributed by atoms with Gasteiger partial charge in [0.15, 0.2) is 0 Å². The van der Waals surface area contributed by atoms with Gasteiger partial charge in [-0.15, -0.1) is 0 Å². The van der Waals surface area contributed by atoms with Crippen molar-refractivity contribution in [3.05, 3.63) is 11.6 Å². The van der Waals surface area contributed by atoms with Gasteiger partial charge in [-0.3, -0.25) is 0 Å². The fourth-order valence-electron chi connectivity index (χ4n) is 2.53. The van der Waals surface area contributed by atoms with Crippen molar-refractivity contribution >= 4 is 0 Å². The van der Waals surface area contributed by atoms with E-state index in [-0.39, 0.29) is 0 Å². The summed E-state index contributed by atoms with van der Waals surface area (Å²) in [5.41, 5.74) is 2.16. The molecule has 1 aliphatic rings. The summed E-state index contributed by atoms with van der Waals surface area (Å²) in [6.07, 6.45) is 10.7. The molecule has 0 N–H and O–H groups in total. The second-order valence-electron chi connectivity index (χ2n) is 6.62. The third kappa shape index (κ3) is 6.61. The van der Waals surface area contributed by atoms with Gasteiger partial charge < -0.3 is 0 Å². The molecule has 0 amide bonds. The van der Waals surface area contributed by atoms with Gasteiger partial charge in [-0.2, -0.15) is 0 Å². The van der Waals surface area contributed by atoms with Crippen LogP contribution in [0, 0.1) is 17.3 Å². The third-order valence-electron chi connectivity index (χ3n) is 4.72. The summed E-state index contributed by atoms with van der Waals surface area (Å²) in [5, 5.41) is 0. The largest absolute Gasteiger partial charge is 0.0853 e.